The molecule has 0 spiro atoms. The molecule has 3 aromatic carbocycles. The van der Waals surface area contributed by atoms with Crippen LogP contribution < -0.4 is 4.90 Å². The largest absolute Gasteiger partial charge is 0.308 e. The van der Waals surface area contributed by atoms with E-state index in [1.54, 1.807) is 6.07 Å². The zero-order chi connectivity index (χ0) is 30.6. The highest BCUT2D eigenvalue weighted by Crippen LogP contribution is 2.37. The van der Waals surface area contributed by atoms with Crippen molar-refractivity contribution in [3.63, 3.8) is 0 Å². The lowest BCUT2D eigenvalue weighted by Gasteiger charge is -2.38. The molecule has 6 nitrogen and oxygen atoms in total. The smallest absolute Gasteiger partial charge is 0.253 e. The molecule has 1 aliphatic rings. The van der Waals surface area contributed by atoms with Gasteiger partial charge in [-0.2, -0.15) is 4.31 Å². The van der Waals surface area contributed by atoms with Crippen molar-refractivity contribution < 1.29 is 17.6 Å². The molecule has 1 fully saturated rings. The Kier molecular flexibility index (Phi) is 9.99. The first-order chi connectivity index (χ1) is 20.7. The van der Waals surface area contributed by atoms with Crippen LogP contribution in [0.1, 0.15) is 37.8 Å². The number of sulfonamides is 1. The number of hydrogen-bond acceptors (Lipinski definition) is 5. The molecule has 0 bridgehead atoms. The van der Waals surface area contributed by atoms with Crippen molar-refractivity contribution in [3.05, 3.63) is 106 Å². The van der Waals surface area contributed by atoms with Gasteiger partial charge in [-0.1, -0.05) is 92.2 Å². The summed E-state index contributed by atoms with van der Waals surface area (Å²) in [5, 5.41) is 0. The summed E-state index contributed by atoms with van der Waals surface area (Å²) in [5.74, 6) is -0.890. The number of hydrogen-bond donors (Lipinski definition) is 0. The number of carbonyl (C=O) groups is 1. The third-order valence-electron chi connectivity index (χ3n) is 7.93. The molecule has 0 aliphatic carbocycles. The van der Waals surface area contributed by atoms with Crippen molar-refractivity contribution in [2.75, 3.05) is 24.5 Å². The van der Waals surface area contributed by atoms with Crippen molar-refractivity contribution >= 4 is 44.6 Å². The number of rotatable bonds is 11. The SMILES string of the molecule is CCN(CC)Cc1c(-c2ccccc2)ccc(N2CCCC(N(Cc3ccccc3)S(=O)(=O)c3ccc(Cl)s3)C2=O)c1F. The van der Waals surface area contributed by atoms with Crippen LogP contribution in [-0.4, -0.2) is 49.2 Å². The quantitative estimate of drug-likeness (QED) is 0.171. The fourth-order valence-corrected chi connectivity index (χ4v) is 8.78. The van der Waals surface area contributed by atoms with Crippen LogP contribution in [-0.2, 0) is 27.9 Å². The third kappa shape index (κ3) is 6.71. The Morgan fingerprint density at radius 3 is 2.23 bits per heavy atom. The van der Waals surface area contributed by atoms with E-state index in [-0.39, 0.29) is 16.4 Å². The molecule has 1 saturated heterocycles. The Hall–Kier alpha value is -3.08. The average molecular weight is 640 g/mol. The number of amides is 1. The van der Waals surface area contributed by atoms with E-state index in [0.717, 1.165) is 41.1 Å². The molecule has 4 aromatic rings. The fourth-order valence-electron chi connectivity index (χ4n) is 5.57. The summed E-state index contributed by atoms with van der Waals surface area (Å²) in [4.78, 5) is 17.8. The average Bonchev–Trinajstić information content (AvgIpc) is 3.48. The zero-order valence-corrected chi connectivity index (χ0v) is 26.6. The minimum absolute atomic E-state index is 0.00553. The Morgan fingerprint density at radius 2 is 1.60 bits per heavy atom. The van der Waals surface area contributed by atoms with E-state index >= 15 is 4.39 Å². The first-order valence-corrected chi connectivity index (χ1v) is 17.1. The maximum atomic E-state index is 16.6. The summed E-state index contributed by atoms with van der Waals surface area (Å²) in [5.41, 5.74) is 3.11. The van der Waals surface area contributed by atoms with Gasteiger partial charge in [0.25, 0.3) is 10.0 Å². The van der Waals surface area contributed by atoms with Gasteiger partial charge in [0.05, 0.1) is 10.0 Å². The number of piperidine rings is 1. The van der Waals surface area contributed by atoms with Gasteiger partial charge in [-0.05, 0) is 60.8 Å². The molecule has 10 heteroatoms. The fraction of sp³-hybridized carbons (Fsp3) is 0.303. The normalized spacial score (nSPS) is 15.9. The standard InChI is InChI=1S/C33H35ClFN3O3S2/c1-3-36(4-2)23-27-26(25-14-9-6-10-15-25)17-18-28(32(27)35)37-21-11-16-29(33(37)39)38(22-24-12-7-5-8-13-24)43(40,41)31-20-19-30(34)42-31/h5-10,12-15,17-20,29H,3-4,11,16,21-23H2,1-2H3. The van der Waals surface area contributed by atoms with Crippen LogP contribution >= 0.6 is 22.9 Å². The van der Waals surface area contributed by atoms with E-state index in [0.29, 0.717) is 35.8 Å². The Bertz CT molecular complexity index is 1660. The van der Waals surface area contributed by atoms with E-state index in [2.05, 4.69) is 4.90 Å². The summed E-state index contributed by atoms with van der Waals surface area (Å²) in [6.45, 7) is 6.26. The van der Waals surface area contributed by atoms with Crippen LogP contribution in [0.2, 0.25) is 4.34 Å². The van der Waals surface area contributed by atoms with Crippen molar-refractivity contribution in [2.45, 2.75) is 50.0 Å². The summed E-state index contributed by atoms with van der Waals surface area (Å²) in [6, 6.07) is 24.4. The first kappa shape index (κ1) is 31.3. The van der Waals surface area contributed by atoms with Crippen LogP contribution in [0.4, 0.5) is 10.1 Å². The highest BCUT2D eigenvalue weighted by Gasteiger charge is 2.41. The van der Waals surface area contributed by atoms with Crippen molar-refractivity contribution in [1.82, 2.24) is 9.21 Å². The molecule has 1 atom stereocenters. The van der Waals surface area contributed by atoms with Crippen molar-refractivity contribution in [3.8, 4) is 11.1 Å². The van der Waals surface area contributed by atoms with Gasteiger partial charge >= 0.3 is 0 Å². The van der Waals surface area contributed by atoms with Gasteiger partial charge in [0.15, 0.2) is 5.82 Å². The summed E-state index contributed by atoms with van der Waals surface area (Å²) in [7, 11) is -4.08. The number of anilines is 1. The highest BCUT2D eigenvalue weighted by atomic mass is 35.5. The highest BCUT2D eigenvalue weighted by molar-refractivity contribution is 7.91. The number of nitrogens with zero attached hydrogens (tertiary/aromatic N) is 3. The van der Waals surface area contributed by atoms with Crippen LogP contribution in [0, 0.1) is 5.82 Å². The molecule has 1 aliphatic heterocycles. The predicted molar refractivity (Wildman–Crippen MR) is 172 cm³/mol. The molecule has 1 amide bonds. The topological polar surface area (TPSA) is 60.9 Å². The van der Waals surface area contributed by atoms with Crippen molar-refractivity contribution in [1.29, 1.82) is 0 Å². The Balaban J connectivity index is 1.55. The number of thiophene rings is 1. The second kappa shape index (κ2) is 13.7. The summed E-state index contributed by atoms with van der Waals surface area (Å²) in [6.07, 6.45) is 0.851. The van der Waals surface area contributed by atoms with Gasteiger partial charge in [-0.15, -0.1) is 11.3 Å². The van der Waals surface area contributed by atoms with Gasteiger partial charge in [-0.3, -0.25) is 9.69 Å². The number of benzene rings is 3. The van der Waals surface area contributed by atoms with Gasteiger partial charge < -0.3 is 4.90 Å². The van der Waals surface area contributed by atoms with E-state index in [1.807, 2.05) is 80.6 Å². The molecule has 2 heterocycles. The second-order valence-electron chi connectivity index (χ2n) is 10.5. The third-order valence-corrected chi connectivity index (χ3v) is 11.5. The molecular formula is C33H35ClFN3O3S2. The minimum Gasteiger partial charge on any atom is -0.308 e. The lowest BCUT2D eigenvalue weighted by molar-refractivity contribution is -0.123. The lowest BCUT2D eigenvalue weighted by Crippen LogP contribution is -2.54. The lowest BCUT2D eigenvalue weighted by atomic mass is 9.96. The van der Waals surface area contributed by atoms with Gasteiger partial charge in [-0.25, -0.2) is 12.8 Å². The van der Waals surface area contributed by atoms with Crippen LogP contribution in [0.5, 0.6) is 0 Å². The second-order valence-corrected chi connectivity index (χ2v) is 14.3. The van der Waals surface area contributed by atoms with Gasteiger partial charge in [0.1, 0.15) is 10.3 Å². The van der Waals surface area contributed by atoms with Crippen LogP contribution in [0.25, 0.3) is 11.1 Å². The molecule has 1 unspecified atom stereocenters. The van der Waals surface area contributed by atoms with Crippen LogP contribution in [0.3, 0.4) is 0 Å². The van der Waals surface area contributed by atoms with Crippen molar-refractivity contribution in [2.24, 2.45) is 0 Å². The summed E-state index contributed by atoms with van der Waals surface area (Å²) >= 11 is 7.07. The maximum absolute atomic E-state index is 16.6. The minimum atomic E-state index is -4.08. The number of halogens is 2. The Morgan fingerprint density at radius 1 is 0.930 bits per heavy atom. The molecule has 0 saturated carbocycles. The molecule has 5 rings (SSSR count). The van der Waals surface area contributed by atoms with E-state index in [4.69, 9.17) is 11.6 Å². The van der Waals surface area contributed by atoms with Gasteiger partial charge in [0, 0.05) is 25.2 Å². The predicted octanol–water partition coefficient (Wildman–Crippen LogP) is 7.44. The molecular weight excluding hydrogens is 605 g/mol. The monoisotopic (exact) mass is 639 g/mol. The molecule has 226 valence electrons. The van der Waals surface area contributed by atoms with Gasteiger partial charge in [0.2, 0.25) is 5.91 Å². The van der Waals surface area contributed by atoms with E-state index in [1.165, 1.54) is 21.3 Å². The van der Waals surface area contributed by atoms with E-state index < -0.39 is 27.8 Å². The van der Waals surface area contributed by atoms with Crippen LogP contribution in [0.15, 0.2) is 89.1 Å². The maximum Gasteiger partial charge on any atom is 0.253 e. The first-order valence-electron chi connectivity index (χ1n) is 14.5. The molecule has 43 heavy (non-hydrogen) atoms. The molecule has 0 radical (unpaired) electrons. The number of carbonyl (C=O) groups excluding carboxylic acids is 1. The molecule has 0 N–H and O–H groups in total. The van der Waals surface area contributed by atoms with E-state index in [9.17, 15) is 13.2 Å². The summed E-state index contributed by atoms with van der Waals surface area (Å²) < 4.78 is 46.2. The molecule has 1 aromatic heterocycles. The zero-order valence-electron chi connectivity index (χ0n) is 24.2. The Labute approximate surface area is 262 Å².